The third-order valence-electron chi connectivity index (χ3n) is 4.53. The second-order valence-electron chi connectivity index (χ2n) is 6.59. The molecule has 31 heavy (non-hydrogen) atoms. The molecule has 0 spiro atoms. The number of phenols is 5. The Morgan fingerprint density at radius 2 is 0.935 bits per heavy atom. The van der Waals surface area contributed by atoms with Gasteiger partial charge in [-0.05, 0) is 36.4 Å². The molecule has 5 N–H and O–H groups in total. The maximum Gasteiger partial charge on any atom is 0.167 e. The summed E-state index contributed by atoms with van der Waals surface area (Å²) in [4.78, 5) is 13.0. The minimum atomic E-state index is -0.267. The van der Waals surface area contributed by atoms with Crippen molar-refractivity contribution in [1.29, 1.82) is 0 Å². The van der Waals surface area contributed by atoms with Crippen LogP contribution >= 0.6 is 0 Å². The normalized spacial score (nSPS) is 10.7. The topological polar surface area (TPSA) is 149 Å². The highest BCUT2D eigenvalue weighted by Crippen LogP contribution is 2.37. The minimum absolute atomic E-state index is 0.0418. The molecule has 4 aromatic rings. The molecular formula is C22H17N3O6. The van der Waals surface area contributed by atoms with E-state index in [4.69, 9.17) is 4.74 Å². The van der Waals surface area contributed by atoms with Gasteiger partial charge in [0.15, 0.2) is 17.5 Å². The molecule has 9 heteroatoms. The zero-order chi connectivity index (χ0) is 22.1. The van der Waals surface area contributed by atoms with Crippen LogP contribution in [0, 0.1) is 0 Å². The van der Waals surface area contributed by atoms with E-state index >= 15 is 0 Å². The van der Waals surface area contributed by atoms with Gasteiger partial charge >= 0.3 is 0 Å². The van der Waals surface area contributed by atoms with Crippen LogP contribution in [0.3, 0.4) is 0 Å². The number of aromatic hydroxyl groups is 5. The molecule has 0 aliphatic rings. The molecule has 0 atom stereocenters. The summed E-state index contributed by atoms with van der Waals surface area (Å²) >= 11 is 0. The van der Waals surface area contributed by atoms with E-state index < -0.39 is 0 Å². The first kappa shape index (κ1) is 19.8. The molecule has 0 saturated heterocycles. The lowest BCUT2D eigenvalue weighted by molar-refractivity contribution is 0.408. The van der Waals surface area contributed by atoms with E-state index in [0.29, 0.717) is 5.75 Å². The van der Waals surface area contributed by atoms with Crippen molar-refractivity contribution in [3.8, 4) is 68.7 Å². The van der Waals surface area contributed by atoms with Gasteiger partial charge in [-0.25, -0.2) is 15.0 Å². The average Bonchev–Trinajstić information content (AvgIpc) is 2.73. The van der Waals surface area contributed by atoms with Crippen molar-refractivity contribution in [3.05, 3.63) is 54.6 Å². The van der Waals surface area contributed by atoms with E-state index in [-0.39, 0.29) is 62.9 Å². The van der Waals surface area contributed by atoms with Gasteiger partial charge in [-0.2, -0.15) is 0 Å². The van der Waals surface area contributed by atoms with Crippen LogP contribution in [0.2, 0.25) is 0 Å². The highest BCUT2D eigenvalue weighted by atomic mass is 16.5. The van der Waals surface area contributed by atoms with E-state index in [1.807, 2.05) is 0 Å². The van der Waals surface area contributed by atoms with Gasteiger partial charge in [-0.1, -0.05) is 0 Å². The highest BCUT2D eigenvalue weighted by molar-refractivity contribution is 5.74. The van der Waals surface area contributed by atoms with Crippen LogP contribution in [0.4, 0.5) is 0 Å². The molecule has 0 aliphatic carbocycles. The van der Waals surface area contributed by atoms with Gasteiger partial charge in [0.2, 0.25) is 0 Å². The van der Waals surface area contributed by atoms with Crippen LogP contribution < -0.4 is 4.74 Å². The number of methoxy groups -OCH3 is 1. The van der Waals surface area contributed by atoms with Crippen LogP contribution in [0.15, 0.2) is 54.6 Å². The van der Waals surface area contributed by atoms with E-state index in [1.165, 1.54) is 37.4 Å². The molecular weight excluding hydrogens is 402 g/mol. The molecule has 3 aromatic carbocycles. The summed E-state index contributed by atoms with van der Waals surface area (Å²) in [5.41, 5.74) is 0.671. The number of aromatic nitrogens is 3. The molecule has 1 heterocycles. The van der Waals surface area contributed by atoms with Crippen molar-refractivity contribution in [2.45, 2.75) is 0 Å². The van der Waals surface area contributed by atoms with Crippen LogP contribution in [-0.4, -0.2) is 47.6 Å². The molecule has 156 valence electrons. The van der Waals surface area contributed by atoms with Crippen LogP contribution in [0.25, 0.3) is 34.2 Å². The molecule has 4 rings (SSSR count). The third-order valence-corrected chi connectivity index (χ3v) is 4.53. The number of hydrogen-bond acceptors (Lipinski definition) is 9. The number of phenolic OH excluding ortho intramolecular Hbond substituents is 5. The summed E-state index contributed by atoms with van der Waals surface area (Å²) < 4.78 is 5.10. The summed E-state index contributed by atoms with van der Waals surface area (Å²) in [5, 5.41) is 50.1. The molecule has 1 aromatic heterocycles. The van der Waals surface area contributed by atoms with Crippen molar-refractivity contribution in [2.24, 2.45) is 0 Å². The third kappa shape index (κ3) is 3.84. The van der Waals surface area contributed by atoms with Crippen molar-refractivity contribution >= 4 is 0 Å². The lowest BCUT2D eigenvalue weighted by atomic mass is 10.1. The fraction of sp³-hybridized carbons (Fsp3) is 0.0455. The van der Waals surface area contributed by atoms with Gasteiger partial charge in [0.05, 0.1) is 23.8 Å². The van der Waals surface area contributed by atoms with Crippen molar-refractivity contribution in [3.63, 3.8) is 0 Å². The summed E-state index contributed by atoms with van der Waals surface area (Å²) in [6.45, 7) is 0. The largest absolute Gasteiger partial charge is 0.508 e. The Labute approximate surface area is 176 Å². The van der Waals surface area contributed by atoms with Crippen molar-refractivity contribution < 1.29 is 30.3 Å². The van der Waals surface area contributed by atoms with Gasteiger partial charge in [-0.3, -0.25) is 0 Å². The predicted molar refractivity (Wildman–Crippen MR) is 111 cm³/mol. The fourth-order valence-electron chi connectivity index (χ4n) is 2.98. The highest BCUT2D eigenvalue weighted by Gasteiger charge is 2.18. The summed E-state index contributed by atoms with van der Waals surface area (Å²) in [6.07, 6.45) is 0. The quantitative estimate of drug-likeness (QED) is 0.335. The molecule has 0 unspecified atom stereocenters. The molecule has 0 saturated carbocycles. The van der Waals surface area contributed by atoms with E-state index in [9.17, 15) is 25.5 Å². The van der Waals surface area contributed by atoms with E-state index in [1.54, 1.807) is 12.1 Å². The second kappa shape index (κ2) is 7.71. The van der Waals surface area contributed by atoms with Gasteiger partial charge in [0.25, 0.3) is 0 Å². The fourth-order valence-corrected chi connectivity index (χ4v) is 2.98. The first-order valence-electron chi connectivity index (χ1n) is 9.04. The Kier molecular flexibility index (Phi) is 4.92. The number of nitrogens with zero attached hydrogens (tertiary/aromatic N) is 3. The van der Waals surface area contributed by atoms with E-state index in [0.717, 1.165) is 12.1 Å². The number of ether oxygens (including phenoxy) is 1. The standard InChI is InChI=1S/C22H17N3O6/c1-31-13-4-7-16(19(30)10-13)22-24-20(14-5-2-11(26)8-17(14)28)23-21(25-22)15-6-3-12(27)9-18(15)29/h2-10,26-30H,1H3. The lowest BCUT2D eigenvalue weighted by Gasteiger charge is -2.11. The summed E-state index contributed by atoms with van der Waals surface area (Å²) in [6, 6.07) is 12.4. The Balaban J connectivity index is 1.96. The second-order valence-corrected chi connectivity index (χ2v) is 6.59. The number of hydrogen-bond donors (Lipinski definition) is 5. The maximum absolute atomic E-state index is 10.4. The van der Waals surface area contributed by atoms with Crippen LogP contribution in [-0.2, 0) is 0 Å². The van der Waals surface area contributed by atoms with Crippen molar-refractivity contribution in [1.82, 2.24) is 15.0 Å². The van der Waals surface area contributed by atoms with Gasteiger partial charge < -0.3 is 30.3 Å². The first-order chi connectivity index (χ1) is 14.9. The molecule has 0 radical (unpaired) electrons. The number of rotatable bonds is 4. The van der Waals surface area contributed by atoms with E-state index in [2.05, 4.69) is 15.0 Å². The maximum atomic E-state index is 10.4. The molecule has 0 fully saturated rings. The van der Waals surface area contributed by atoms with Gasteiger partial charge in [0, 0.05) is 18.2 Å². The number of benzene rings is 3. The van der Waals surface area contributed by atoms with Crippen molar-refractivity contribution in [2.75, 3.05) is 7.11 Å². The Hall–Kier alpha value is -4.53. The first-order valence-corrected chi connectivity index (χ1v) is 9.04. The SMILES string of the molecule is COc1ccc(-c2nc(-c3ccc(O)cc3O)nc(-c3ccc(O)cc3O)n2)c(O)c1. The Morgan fingerprint density at radius 3 is 1.29 bits per heavy atom. The predicted octanol–water partition coefficient (Wildman–Crippen LogP) is 3.41. The van der Waals surface area contributed by atoms with Gasteiger partial charge in [-0.15, -0.1) is 0 Å². The zero-order valence-corrected chi connectivity index (χ0v) is 16.2. The lowest BCUT2D eigenvalue weighted by Crippen LogP contribution is -2.01. The van der Waals surface area contributed by atoms with Crippen LogP contribution in [0.1, 0.15) is 0 Å². The molecule has 0 bridgehead atoms. The molecule has 0 aliphatic heterocycles. The smallest absolute Gasteiger partial charge is 0.167 e. The minimum Gasteiger partial charge on any atom is -0.508 e. The van der Waals surface area contributed by atoms with Gasteiger partial charge in [0.1, 0.15) is 34.5 Å². The average molecular weight is 419 g/mol. The summed E-state index contributed by atoms with van der Waals surface area (Å²) in [7, 11) is 1.47. The monoisotopic (exact) mass is 419 g/mol. The molecule has 0 amide bonds. The zero-order valence-electron chi connectivity index (χ0n) is 16.2. The summed E-state index contributed by atoms with van der Waals surface area (Å²) in [5.74, 6) is -0.371. The Bertz CT molecular complexity index is 1220. The Morgan fingerprint density at radius 1 is 0.548 bits per heavy atom. The van der Waals surface area contributed by atoms with Crippen LogP contribution in [0.5, 0.6) is 34.5 Å². The molecule has 9 nitrogen and oxygen atoms in total.